The van der Waals surface area contributed by atoms with Crippen LogP contribution in [-0.4, -0.2) is 36.6 Å². The maximum atomic E-state index is 12.1. The lowest BCUT2D eigenvalue weighted by Crippen LogP contribution is -2.21. The van der Waals surface area contributed by atoms with Crippen LogP contribution in [-0.2, 0) is 0 Å². The van der Waals surface area contributed by atoms with Crippen LogP contribution in [0.5, 0.6) is 11.5 Å². The molecule has 11 heteroatoms. The first-order valence-corrected chi connectivity index (χ1v) is 5.73. The van der Waals surface area contributed by atoms with Gasteiger partial charge in [0.1, 0.15) is 11.3 Å². The highest BCUT2D eigenvalue weighted by Gasteiger charge is 2.31. The fourth-order valence-electron chi connectivity index (χ4n) is 1.28. The quantitative estimate of drug-likeness (QED) is 0.816. The van der Waals surface area contributed by atoms with Crippen LogP contribution < -0.4 is 9.47 Å². The van der Waals surface area contributed by atoms with E-state index in [2.05, 4.69) is 9.47 Å². The Kier molecular flexibility index (Phi) is 5.39. The molecule has 124 valence electrons. The number of aromatic carboxylic acids is 1. The molecule has 0 aromatic heterocycles. The molecule has 0 aliphatic heterocycles. The molecule has 0 bridgehead atoms. The van der Waals surface area contributed by atoms with Crippen LogP contribution in [0.25, 0.3) is 0 Å². The molecule has 0 atom stereocenters. The lowest BCUT2D eigenvalue weighted by molar-refractivity contribution is -0.154. The van der Waals surface area contributed by atoms with Gasteiger partial charge in [-0.2, -0.15) is 26.3 Å². The van der Waals surface area contributed by atoms with Gasteiger partial charge in [0.05, 0.1) is 5.02 Å². The van der Waals surface area contributed by atoms with E-state index < -0.39 is 53.6 Å². The summed E-state index contributed by atoms with van der Waals surface area (Å²) >= 11 is 5.54. The number of ether oxygens (including phenoxy) is 2. The maximum Gasteiger partial charge on any atom is 0.422 e. The van der Waals surface area contributed by atoms with Crippen LogP contribution in [0.4, 0.5) is 26.3 Å². The van der Waals surface area contributed by atoms with E-state index in [1.807, 2.05) is 0 Å². The Hall–Kier alpha value is -1.84. The first kappa shape index (κ1) is 18.2. The number of halogens is 7. The van der Waals surface area contributed by atoms with Crippen LogP contribution in [0, 0.1) is 0 Å². The highest BCUT2D eigenvalue weighted by Crippen LogP contribution is 2.35. The summed E-state index contributed by atoms with van der Waals surface area (Å²) in [6.45, 7) is -3.53. The predicted octanol–water partition coefficient (Wildman–Crippen LogP) is 3.92. The minimum atomic E-state index is -4.75. The van der Waals surface area contributed by atoms with Gasteiger partial charge in [-0.1, -0.05) is 11.6 Å². The zero-order valence-electron chi connectivity index (χ0n) is 10.4. The van der Waals surface area contributed by atoms with Crippen molar-refractivity contribution in [1.82, 2.24) is 0 Å². The molecule has 0 fully saturated rings. The van der Waals surface area contributed by atoms with Gasteiger partial charge in [-0.05, 0) is 6.07 Å². The van der Waals surface area contributed by atoms with Gasteiger partial charge in [0.2, 0.25) is 0 Å². The maximum absolute atomic E-state index is 12.1. The molecule has 1 rings (SSSR count). The summed E-state index contributed by atoms with van der Waals surface area (Å²) in [5.41, 5.74) is -0.853. The molecular formula is C11H7ClF6O4. The van der Waals surface area contributed by atoms with Crippen molar-refractivity contribution in [1.29, 1.82) is 0 Å². The molecule has 0 heterocycles. The minimum absolute atomic E-state index is 0.570. The zero-order valence-corrected chi connectivity index (χ0v) is 11.1. The second-order valence-electron chi connectivity index (χ2n) is 3.89. The second-order valence-corrected chi connectivity index (χ2v) is 4.30. The third kappa shape index (κ3) is 5.88. The molecule has 0 spiro atoms. The fourth-order valence-corrected chi connectivity index (χ4v) is 1.54. The van der Waals surface area contributed by atoms with Crippen molar-refractivity contribution in [2.75, 3.05) is 13.2 Å². The molecule has 1 aromatic carbocycles. The van der Waals surface area contributed by atoms with E-state index in [0.717, 1.165) is 6.07 Å². The first-order valence-electron chi connectivity index (χ1n) is 5.35. The van der Waals surface area contributed by atoms with Crippen LogP contribution in [0.1, 0.15) is 10.4 Å². The Labute approximate surface area is 124 Å². The lowest BCUT2D eigenvalue weighted by Gasteiger charge is -2.15. The van der Waals surface area contributed by atoms with E-state index in [9.17, 15) is 31.1 Å². The SMILES string of the molecule is O=C(O)c1cc(OCC(F)(F)F)cc(Cl)c1OCC(F)(F)F. The molecule has 4 nitrogen and oxygen atoms in total. The van der Waals surface area contributed by atoms with Gasteiger partial charge >= 0.3 is 18.3 Å². The van der Waals surface area contributed by atoms with Crippen LogP contribution in [0.15, 0.2) is 12.1 Å². The zero-order chi connectivity index (χ0) is 17.1. The molecular weight excluding hydrogens is 346 g/mol. The van der Waals surface area contributed by atoms with E-state index in [1.54, 1.807) is 0 Å². The van der Waals surface area contributed by atoms with Gasteiger partial charge in [-0.25, -0.2) is 4.79 Å². The minimum Gasteiger partial charge on any atom is -0.484 e. The van der Waals surface area contributed by atoms with Crippen LogP contribution >= 0.6 is 11.6 Å². The summed E-state index contributed by atoms with van der Waals surface area (Å²) < 4.78 is 80.8. The summed E-state index contributed by atoms with van der Waals surface area (Å²) in [7, 11) is 0. The second kappa shape index (κ2) is 6.51. The van der Waals surface area contributed by atoms with Crippen LogP contribution in [0.2, 0.25) is 5.02 Å². The summed E-state index contributed by atoms with van der Waals surface area (Å²) in [6.07, 6.45) is -9.42. The predicted molar refractivity (Wildman–Crippen MR) is 61.5 cm³/mol. The van der Waals surface area contributed by atoms with Crippen molar-refractivity contribution in [3.05, 3.63) is 22.7 Å². The smallest absolute Gasteiger partial charge is 0.422 e. The molecule has 0 aliphatic carbocycles. The number of rotatable bonds is 5. The average Bonchev–Trinajstić information content (AvgIpc) is 2.32. The summed E-state index contributed by atoms with van der Waals surface area (Å²) in [6, 6.07) is 1.32. The van der Waals surface area contributed by atoms with Crippen molar-refractivity contribution < 1.29 is 45.7 Å². The van der Waals surface area contributed by atoms with Gasteiger partial charge in [0.25, 0.3) is 0 Å². The number of carboxylic acid groups (broad SMARTS) is 1. The first-order chi connectivity index (χ1) is 9.89. The van der Waals surface area contributed by atoms with E-state index in [1.165, 1.54) is 0 Å². The standard InChI is InChI=1S/C11H7ClF6O4/c12-7-2-5(21-3-10(13,14)15)1-6(9(19)20)8(7)22-4-11(16,17)18/h1-2H,3-4H2,(H,19,20). The molecule has 0 aliphatic rings. The lowest BCUT2D eigenvalue weighted by atomic mass is 10.2. The van der Waals surface area contributed by atoms with E-state index in [-0.39, 0.29) is 0 Å². The molecule has 1 aromatic rings. The number of hydrogen-bond acceptors (Lipinski definition) is 3. The van der Waals surface area contributed by atoms with E-state index in [0.29, 0.717) is 6.07 Å². The third-order valence-electron chi connectivity index (χ3n) is 2.03. The molecule has 22 heavy (non-hydrogen) atoms. The molecule has 0 amide bonds. The topological polar surface area (TPSA) is 55.8 Å². The molecule has 0 unspecified atom stereocenters. The summed E-state index contributed by atoms with van der Waals surface area (Å²) in [4.78, 5) is 11.0. The van der Waals surface area contributed by atoms with E-state index >= 15 is 0 Å². The van der Waals surface area contributed by atoms with Gasteiger partial charge in [0.15, 0.2) is 19.0 Å². The number of carboxylic acids is 1. The number of hydrogen-bond donors (Lipinski definition) is 1. The fraction of sp³-hybridized carbons (Fsp3) is 0.364. The summed E-state index contributed by atoms with van der Waals surface area (Å²) in [5.74, 6) is -3.12. The Morgan fingerprint density at radius 3 is 2.00 bits per heavy atom. The van der Waals surface area contributed by atoms with Crippen molar-refractivity contribution in [3.8, 4) is 11.5 Å². The normalized spacial score (nSPS) is 12.1. The van der Waals surface area contributed by atoms with Gasteiger partial charge in [0, 0.05) is 6.07 Å². The highest BCUT2D eigenvalue weighted by molar-refractivity contribution is 6.32. The van der Waals surface area contributed by atoms with Crippen LogP contribution in [0.3, 0.4) is 0 Å². The average molecular weight is 353 g/mol. The molecule has 0 saturated heterocycles. The van der Waals surface area contributed by atoms with Crippen molar-refractivity contribution in [2.24, 2.45) is 0 Å². The molecule has 0 radical (unpaired) electrons. The Balaban J connectivity index is 3.06. The summed E-state index contributed by atoms with van der Waals surface area (Å²) in [5, 5.41) is 8.25. The molecule has 1 N–H and O–H groups in total. The van der Waals surface area contributed by atoms with Crippen molar-refractivity contribution in [2.45, 2.75) is 12.4 Å². The van der Waals surface area contributed by atoms with Gasteiger partial charge in [-0.3, -0.25) is 0 Å². The van der Waals surface area contributed by atoms with Gasteiger partial charge in [-0.15, -0.1) is 0 Å². The van der Waals surface area contributed by atoms with Crippen molar-refractivity contribution in [3.63, 3.8) is 0 Å². The third-order valence-corrected chi connectivity index (χ3v) is 2.31. The largest absolute Gasteiger partial charge is 0.484 e. The van der Waals surface area contributed by atoms with Gasteiger partial charge < -0.3 is 14.6 Å². The number of benzene rings is 1. The highest BCUT2D eigenvalue weighted by atomic mass is 35.5. The number of alkyl halides is 6. The Bertz CT molecular complexity index is 555. The Morgan fingerprint density at radius 2 is 1.55 bits per heavy atom. The monoisotopic (exact) mass is 352 g/mol. The Morgan fingerprint density at radius 1 is 1.05 bits per heavy atom. The molecule has 0 saturated carbocycles. The van der Waals surface area contributed by atoms with E-state index in [4.69, 9.17) is 16.7 Å². The number of carbonyl (C=O) groups is 1. The van der Waals surface area contributed by atoms with Crippen molar-refractivity contribution >= 4 is 17.6 Å².